The van der Waals surface area contributed by atoms with Gasteiger partial charge in [0.15, 0.2) is 0 Å². The minimum Gasteiger partial charge on any atom is -0.397 e. The third-order valence-electron chi connectivity index (χ3n) is 3.48. The van der Waals surface area contributed by atoms with Gasteiger partial charge in [0.25, 0.3) is 5.91 Å². The number of rotatable bonds is 4. The molecule has 0 bridgehead atoms. The van der Waals surface area contributed by atoms with Gasteiger partial charge in [-0.25, -0.2) is 0 Å². The molecule has 1 aliphatic heterocycles. The molecule has 1 unspecified atom stereocenters. The number of nitrogens with zero attached hydrogens (tertiary/aromatic N) is 2. The van der Waals surface area contributed by atoms with E-state index < -0.39 is 0 Å². The number of likely N-dealkylation sites (tertiary alicyclic amines) is 1. The lowest BCUT2D eigenvalue weighted by atomic mass is 10.2. The molecule has 0 radical (unpaired) electrons. The summed E-state index contributed by atoms with van der Waals surface area (Å²) in [6.45, 7) is 5.57. The number of nitrogens with one attached hydrogen (secondary N) is 1. The number of amides is 2. The summed E-state index contributed by atoms with van der Waals surface area (Å²) in [4.78, 5) is 25.4. The largest absolute Gasteiger partial charge is 0.397 e. The number of nitrogen functional groups attached to an aromatic ring is 1. The quantitative estimate of drug-likeness (QED) is 0.856. The number of hydrogen-bond acceptors (Lipinski definition) is 3. The number of aryl methyl sites for hydroxylation is 1. The van der Waals surface area contributed by atoms with Crippen LogP contribution in [0.4, 0.5) is 5.69 Å². The number of nitrogens with two attached hydrogens (primary N) is 1. The lowest BCUT2D eigenvalue weighted by molar-refractivity contribution is -0.119. The molecule has 1 atom stereocenters. The minimum absolute atomic E-state index is 0.0111. The lowest BCUT2D eigenvalue weighted by Crippen LogP contribution is -2.37. The van der Waals surface area contributed by atoms with Gasteiger partial charge >= 0.3 is 0 Å². The van der Waals surface area contributed by atoms with E-state index in [0.717, 1.165) is 19.4 Å². The molecule has 0 saturated carbocycles. The van der Waals surface area contributed by atoms with Crippen molar-refractivity contribution in [1.29, 1.82) is 0 Å². The highest BCUT2D eigenvalue weighted by Gasteiger charge is 2.28. The fourth-order valence-electron chi connectivity index (χ4n) is 2.65. The van der Waals surface area contributed by atoms with Crippen molar-refractivity contribution in [2.75, 3.05) is 18.8 Å². The van der Waals surface area contributed by atoms with E-state index in [9.17, 15) is 9.59 Å². The van der Waals surface area contributed by atoms with Gasteiger partial charge in [-0.3, -0.25) is 9.59 Å². The van der Waals surface area contributed by atoms with E-state index >= 15 is 0 Å². The molecule has 1 aromatic rings. The Kier molecular flexibility index (Phi) is 4.32. The van der Waals surface area contributed by atoms with Crippen LogP contribution in [-0.2, 0) is 11.3 Å². The summed E-state index contributed by atoms with van der Waals surface area (Å²) in [6.07, 6.45) is 3.55. The monoisotopic (exact) mass is 278 g/mol. The maximum absolute atomic E-state index is 12.5. The van der Waals surface area contributed by atoms with Crippen molar-refractivity contribution in [3.05, 3.63) is 18.0 Å². The Labute approximate surface area is 118 Å². The highest BCUT2D eigenvalue weighted by atomic mass is 16.2. The maximum atomic E-state index is 12.5. The Hall–Kier alpha value is -1.98. The number of hydrogen-bond donors (Lipinski definition) is 2. The fraction of sp³-hybridized carbons (Fsp3) is 0.571. The summed E-state index contributed by atoms with van der Waals surface area (Å²) in [7, 11) is 0. The molecule has 1 saturated heterocycles. The van der Waals surface area contributed by atoms with Gasteiger partial charge in [0.2, 0.25) is 5.91 Å². The van der Waals surface area contributed by atoms with Crippen LogP contribution in [0.2, 0.25) is 0 Å². The van der Waals surface area contributed by atoms with Crippen LogP contribution in [0.15, 0.2) is 12.3 Å². The van der Waals surface area contributed by atoms with Crippen LogP contribution in [0, 0.1) is 0 Å². The van der Waals surface area contributed by atoms with Crippen LogP contribution in [0.1, 0.15) is 37.2 Å². The second kappa shape index (κ2) is 5.98. The lowest BCUT2D eigenvalue weighted by Gasteiger charge is -2.18. The normalized spacial score (nSPS) is 18.3. The van der Waals surface area contributed by atoms with Gasteiger partial charge in [-0.05, 0) is 18.9 Å². The molecule has 6 nitrogen and oxygen atoms in total. The third-order valence-corrected chi connectivity index (χ3v) is 3.48. The minimum atomic E-state index is -0.0529. The molecule has 3 N–H and O–H groups in total. The Morgan fingerprint density at radius 3 is 2.90 bits per heavy atom. The molecule has 1 aliphatic rings. The van der Waals surface area contributed by atoms with Gasteiger partial charge in [-0.1, -0.05) is 6.92 Å². The molecule has 1 fully saturated rings. The molecular weight excluding hydrogens is 256 g/mol. The summed E-state index contributed by atoms with van der Waals surface area (Å²) >= 11 is 0. The SMILES string of the molecule is CCCn1cc(N)cc1C(=O)N1CCC(NC(C)=O)C1. The molecule has 110 valence electrons. The fourth-order valence-corrected chi connectivity index (χ4v) is 2.65. The molecule has 2 rings (SSSR count). The first-order chi connectivity index (χ1) is 9.51. The standard InChI is InChI=1S/C14H22N4O2/c1-3-5-17-8-11(15)7-13(17)14(20)18-6-4-12(9-18)16-10(2)19/h7-8,12H,3-6,9,15H2,1-2H3,(H,16,19). The van der Waals surface area contributed by atoms with Gasteiger partial charge in [-0.2, -0.15) is 0 Å². The van der Waals surface area contributed by atoms with E-state index in [-0.39, 0.29) is 17.9 Å². The first-order valence-corrected chi connectivity index (χ1v) is 7.03. The van der Waals surface area contributed by atoms with Gasteiger partial charge in [0, 0.05) is 38.8 Å². The highest BCUT2D eigenvalue weighted by molar-refractivity contribution is 5.94. The Bertz CT molecular complexity index is 509. The summed E-state index contributed by atoms with van der Waals surface area (Å²) in [5.74, 6) is -0.0640. The van der Waals surface area contributed by atoms with Crippen molar-refractivity contribution in [2.45, 2.75) is 39.3 Å². The van der Waals surface area contributed by atoms with Crippen LogP contribution in [0.3, 0.4) is 0 Å². The van der Waals surface area contributed by atoms with Gasteiger partial charge in [-0.15, -0.1) is 0 Å². The van der Waals surface area contributed by atoms with Crippen LogP contribution >= 0.6 is 0 Å². The molecule has 20 heavy (non-hydrogen) atoms. The maximum Gasteiger partial charge on any atom is 0.270 e. The Morgan fingerprint density at radius 1 is 1.50 bits per heavy atom. The van der Waals surface area contributed by atoms with Crippen molar-refractivity contribution in [3.63, 3.8) is 0 Å². The predicted molar refractivity (Wildman–Crippen MR) is 77.3 cm³/mol. The van der Waals surface area contributed by atoms with Crippen molar-refractivity contribution in [3.8, 4) is 0 Å². The average Bonchev–Trinajstić information content (AvgIpc) is 2.95. The molecule has 6 heteroatoms. The molecule has 1 aromatic heterocycles. The molecule has 2 heterocycles. The number of carbonyl (C=O) groups is 2. The van der Waals surface area contributed by atoms with E-state index in [2.05, 4.69) is 12.2 Å². The molecule has 0 aliphatic carbocycles. The first-order valence-electron chi connectivity index (χ1n) is 7.03. The Balaban J connectivity index is 2.07. The van der Waals surface area contributed by atoms with Gasteiger partial charge in [0.05, 0.1) is 5.69 Å². The first kappa shape index (κ1) is 14.4. The summed E-state index contributed by atoms with van der Waals surface area (Å²) in [5, 5.41) is 2.86. The van der Waals surface area contributed by atoms with E-state index in [4.69, 9.17) is 5.73 Å². The zero-order chi connectivity index (χ0) is 14.7. The summed E-state index contributed by atoms with van der Waals surface area (Å²) in [5.41, 5.74) is 7.03. The predicted octanol–water partition coefficient (Wildman–Crippen LogP) is 0.831. The van der Waals surface area contributed by atoms with Crippen LogP contribution in [-0.4, -0.2) is 40.4 Å². The van der Waals surface area contributed by atoms with Gasteiger partial charge < -0.3 is 20.5 Å². The molecule has 0 aromatic carbocycles. The van der Waals surface area contributed by atoms with Crippen LogP contribution < -0.4 is 11.1 Å². The van der Waals surface area contributed by atoms with E-state index in [0.29, 0.717) is 24.5 Å². The topological polar surface area (TPSA) is 80.4 Å². The van der Waals surface area contributed by atoms with Crippen molar-refractivity contribution in [1.82, 2.24) is 14.8 Å². The second-order valence-corrected chi connectivity index (χ2v) is 5.29. The second-order valence-electron chi connectivity index (χ2n) is 5.29. The van der Waals surface area contributed by atoms with Gasteiger partial charge in [0.1, 0.15) is 5.69 Å². The van der Waals surface area contributed by atoms with Crippen LogP contribution in [0.5, 0.6) is 0 Å². The molecule has 2 amide bonds. The number of carbonyl (C=O) groups excluding carboxylic acids is 2. The Morgan fingerprint density at radius 2 is 2.25 bits per heavy atom. The van der Waals surface area contributed by atoms with E-state index in [1.165, 1.54) is 6.92 Å². The van der Waals surface area contributed by atoms with Crippen molar-refractivity contribution in [2.24, 2.45) is 0 Å². The molecule has 0 spiro atoms. The van der Waals surface area contributed by atoms with Crippen molar-refractivity contribution < 1.29 is 9.59 Å². The summed E-state index contributed by atoms with van der Waals surface area (Å²) in [6, 6.07) is 1.78. The number of aromatic nitrogens is 1. The highest BCUT2D eigenvalue weighted by Crippen LogP contribution is 2.17. The zero-order valence-corrected chi connectivity index (χ0v) is 12.1. The van der Waals surface area contributed by atoms with Crippen molar-refractivity contribution >= 4 is 17.5 Å². The number of anilines is 1. The zero-order valence-electron chi connectivity index (χ0n) is 12.1. The molecular formula is C14H22N4O2. The van der Waals surface area contributed by atoms with Crippen LogP contribution in [0.25, 0.3) is 0 Å². The third kappa shape index (κ3) is 3.12. The van der Waals surface area contributed by atoms with E-state index in [1.54, 1.807) is 17.2 Å². The average molecular weight is 278 g/mol. The smallest absolute Gasteiger partial charge is 0.270 e. The van der Waals surface area contributed by atoms with E-state index in [1.807, 2.05) is 4.57 Å². The summed E-state index contributed by atoms with van der Waals surface area (Å²) < 4.78 is 1.91.